The molecule has 0 aliphatic heterocycles. The van der Waals surface area contributed by atoms with Gasteiger partial charge in [0.05, 0.1) is 5.69 Å². The highest BCUT2D eigenvalue weighted by Crippen LogP contribution is 2.20. The molecule has 0 spiro atoms. The van der Waals surface area contributed by atoms with Gasteiger partial charge in [0.1, 0.15) is 4.90 Å². The number of aromatic nitrogens is 1. The Bertz CT molecular complexity index is 483. The lowest BCUT2D eigenvalue weighted by atomic mass is 10.0. The SMILES string of the molecule is CCCC(C)(C)NS(=O)(=O)c1cnccc1N. The Kier molecular flexibility index (Phi) is 4.11. The average molecular weight is 257 g/mol. The Morgan fingerprint density at radius 3 is 2.65 bits per heavy atom. The number of anilines is 1. The molecule has 0 saturated carbocycles. The molecular weight excluding hydrogens is 238 g/mol. The summed E-state index contributed by atoms with van der Waals surface area (Å²) in [5.74, 6) is 0. The van der Waals surface area contributed by atoms with Gasteiger partial charge in [-0.05, 0) is 26.3 Å². The molecule has 0 unspecified atom stereocenters. The molecule has 0 atom stereocenters. The smallest absolute Gasteiger partial charge is 0.244 e. The Labute approximate surface area is 102 Å². The highest BCUT2D eigenvalue weighted by atomic mass is 32.2. The van der Waals surface area contributed by atoms with Crippen molar-refractivity contribution in [3.8, 4) is 0 Å². The second-order valence-electron chi connectivity index (χ2n) is 4.65. The van der Waals surface area contributed by atoms with Gasteiger partial charge < -0.3 is 5.73 Å². The van der Waals surface area contributed by atoms with Crippen LogP contribution >= 0.6 is 0 Å². The molecule has 0 saturated heterocycles. The van der Waals surface area contributed by atoms with Crippen molar-refractivity contribution in [1.82, 2.24) is 9.71 Å². The van der Waals surface area contributed by atoms with Crippen LogP contribution in [-0.2, 0) is 10.0 Å². The lowest BCUT2D eigenvalue weighted by Gasteiger charge is -2.25. The van der Waals surface area contributed by atoms with E-state index in [9.17, 15) is 8.42 Å². The number of nitrogens with zero attached hydrogens (tertiary/aromatic N) is 1. The molecule has 0 radical (unpaired) electrons. The summed E-state index contributed by atoms with van der Waals surface area (Å²) in [4.78, 5) is 3.82. The monoisotopic (exact) mass is 257 g/mol. The fourth-order valence-electron chi connectivity index (χ4n) is 1.71. The Morgan fingerprint density at radius 2 is 2.12 bits per heavy atom. The first kappa shape index (κ1) is 13.9. The molecule has 3 N–H and O–H groups in total. The van der Waals surface area contributed by atoms with E-state index in [0.29, 0.717) is 0 Å². The van der Waals surface area contributed by atoms with E-state index in [1.54, 1.807) is 0 Å². The maximum absolute atomic E-state index is 12.1. The number of nitrogen functional groups attached to an aromatic ring is 1. The molecule has 1 rings (SSSR count). The van der Waals surface area contributed by atoms with Crippen molar-refractivity contribution >= 4 is 15.7 Å². The van der Waals surface area contributed by atoms with Gasteiger partial charge in [-0.3, -0.25) is 4.98 Å². The minimum atomic E-state index is -3.61. The number of rotatable bonds is 5. The highest BCUT2D eigenvalue weighted by molar-refractivity contribution is 7.89. The largest absolute Gasteiger partial charge is 0.398 e. The Morgan fingerprint density at radius 1 is 1.47 bits per heavy atom. The third kappa shape index (κ3) is 3.67. The van der Waals surface area contributed by atoms with Crippen LogP contribution in [0.25, 0.3) is 0 Å². The van der Waals surface area contributed by atoms with Crippen molar-refractivity contribution in [1.29, 1.82) is 0 Å². The van der Waals surface area contributed by atoms with Gasteiger partial charge in [-0.1, -0.05) is 13.3 Å². The topological polar surface area (TPSA) is 85.1 Å². The zero-order valence-corrected chi connectivity index (χ0v) is 11.2. The lowest BCUT2D eigenvalue weighted by molar-refractivity contribution is 0.418. The van der Waals surface area contributed by atoms with Crippen LogP contribution in [0.3, 0.4) is 0 Å². The summed E-state index contributed by atoms with van der Waals surface area (Å²) in [6.45, 7) is 5.70. The van der Waals surface area contributed by atoms with Crippen molar-refractivity contribution in [3.63, 3.8) is 0 Å². The van der Waals surface area contributed by atoms with Gasteiger partial charge in [-0.2, -0.15) is 0 Å². The molecule has 0 aromatic carbocycles. The summed E-state index contributed by atoms with van der Waals surface area (Å²) >= 11 is 0. The van der Waals surface area contributed by atoms with Gasteiger partial charge in [0, 0.05) is 17.9 Å². The number of pyridine rings is 1. The molecule has 1 aromatic rings. The van der Waals surface area contributed by atoms with Crippen molar-refractivity contribution < 1.29 is 8.42 Å². The van der Waals surface area contributed by atoms with Crippen LogP contribution in [0.1, 0.15) is 33.6 Å². The van der Waals surface area contributed by atoms with Gasteiger partial charge in [0.25, 0.3) is 0 Å². The molecular formula is C11H19N3O2S. The molecule has 0 aliphatic rings. The van der Waals surface area contributed by atoms with Gasteiger partial charge in [-0.15, -0.1) is 0 Å². The summed E-state index contributed by atoms with van der Waals surface area (Å²) in [5, 5.41) is 0. The quantitative estimate of drug-likeness (QED) is 0.837. The van der Waals surface area contributed by atoms with Crippen molar-refractivity contribution in [2.24, 2.45) is 0 Å². The molecule has 5 nitrogen and oxygen atoms in total. The summed E-state index contributed by atoms with van der Waals surface area (Å²) in [7, 11) is -3.61. The second-order valence-corrected chi connectivity index (χ2v) is 6.30. The summed E-state index contributed by atoms with van der Waals surface area (Å²) < 4.78 is 26.9. The molecule has 1 aromatic heterocycles. The lowest BCUT2D eigenvalue weighted by Crippen LogP contribution is -2.43. The third-order valence-electron chi connectivity index (χ3n) is 2.39. The van der Waals surface area contributed by atoms with E-state index in [0.717, 1.165) is 12.8 Å². The van der Waals surface area contributed by atoms with Crippen molar-refractivity contribution in [2.75, 3.05) is 5.73 Å². The Hall–Kier alpha value is -1.14. The molecule has 0 fully saturated rings. The standard InChI is InChI=1S/C11H19N3O2S/c1-4-6-11(2,3)14-17(15,16)10-8-13-7-5-9(10)12/h5,7-8,14H,4,6H2,1-3H3,(H2,12,13). The first-order valence-electron chi connectivity index (χ1n) is 5.52. The van der Waals surface area contributed by atoms with Crippen molar-refractivity contribution in [2.45, 2.75) is 44.0 Å². The normalized spacial score (nSPS) is 12.6. The molecule has 17 heavy (non-hydrogen) atoms. The number of nitrogens with two attached hydrogens (primary N) is 1. The number of nitrogens with one attached hydrogen (secondary N) is 1. The third-order valence-corrected chi connectivity index (χ3v) is 4.13. The minimum absolute atomic E-state index is 0.0316. The number of hydrogen-bond donors (Lipinski definition) is 2. The van der Waals surface area contributed by atoms with E-state index < -0.39 is 15.6 Å². The van der Waals surface area contributed by atoms with Crippen LogP contribution in [-0.4, -0.2) is 18.9 Å². The van der Waals surface area contributed by atoms with E-state index in [1.165, 1.54) is 18.5 Å². The molecule has 0 aliphatic carbocycles. The minimum Gasteiger partial charge on any atom is -0.398 e. The predicted molar refractivity (Wildman–Crippen MR) is 68.0 cm³/mol. The first-order chi connectivity index (χ1) is 7.78. The highest BCUT2D eigenvalue weighted by Gasteiger charge is 2.26. The van der Waals surface area contributed by atoms with Crippen LogP contribution in [0.15, 0.2) is 23.4 Å². The Balaban J connectivity index is 3.02. The number of hydrogen-bond acceptors (Lipinski definition) is 4. The van der Waals surface area contributed by atoms with Gasteiger partial charge in [-0.25, -0.2) is 13.1 Å². The van der Waals surface area contributed by atoms with Crippen LogP contribution in [0, 0.1) is 0 Å². The van der Waals surface area contributed by atoms with Crippen LogP contribution < -0.4 is 10.5 Å². The van der Waals surface area contributed by atoms with E-state index >= 15 is 0 Å². The number of sulfonamides is 1. The summed E-state index contributed by atoms with van der Waals surface area (Å²) in [6, 6.07) is 1.47. The van der Waals surface area contributed by atoms with Crippen LogP contribution in [0.4, 0.5) is 5.69 Å². The van der Waals surface area contributed by atoms with E-state index in [4.69, 9.17) is 5.73 Å². The molecule has 6 heteroatoms. The maximum Gasteiger partial charge on any atom is 0.244 e. The fourth-order valence-corrected chi connectivity index (χ4v) is 3.23. The summed E-state index contributed by atoms with van der Waals surface area (Å²) in [5.41, 5.74) is 5.36. The average Bonchev–Trinajstić information content (AvgIpc) is 2.15. The maximum atomic E-state index is 12.1. The molecule has 1 heterocycles. The predicted octanol–water partition coefficient (Wildman–Crippen LogP) is 1.52. The molecule has 0 amide bonds. The van der Waals surface area contributed by atoms with E-state index in [-0.39, 0.29) is 10.6 Å². The first-order valence-corrected chi connectivity index (χ1v) is 7.00. The van der Waals surface area contributed by atoms with Crippen LogP contribution in [0.5, 0.6) is 0 Å². The van der Waals surface area contributed by atoms with Crippen molar-refractivity contribution in [3.05, 3.63) is 18.5 Å². The van der Waals surface area contributed by atoms with Gasteiger partial charge in [0.15, 0.2) is 0 Å². The van der Waals surface area contributed by atoms with E-state index in [2.05, 4.69) is 9.71 Å². The second kappa shape index (κ2) is 5.01. The molecule has 0 bridgehead atoms. The summed E-state index contributed by atoms with van der Waals surface area (Å²) in [6.07, 6.45) is 4.38. The zero-order chi connectivity index (χ0) is 13.1. The van der Waals surface area contributed by atoms with Gasteiger partial charge >= 0.3 is 0 Å². The van der Waals surface area contributed by atoms with Crippen LogP contribution in [0.2, 0.25) is 0 Å². The van der Waals surface area contributed by atoms with E-state index in [1.807, 2.05) is 20.8 Å². The molecule has 96 valence electrons. The fraction of sp³-hybridized carbons (Fsp3) is 0.545. The zero-order valence-electron chi connectivity index (χ0n) is 10.4. The van der Waals surface area contributed by atoms with Gasteiger partial charge in [0.2, 0.25) is 10.0 Å².